The second-order valence-electron chi connectivity index (χ2n) is 5.67. The first kappa shape index (κ1) is 16.3. The molecule has 3 heterocycles. The second-order valence-corrected chi connectivity index (χ2v) is 5.67. The first-order valence-electron chi connectivity index (χ1n) is 7.94. The second kappa shape index (κ2) is 7.83. The molecule has 0 bridgehead atoms. The molecule has 0 spiro atoms. The van der Waals surface area contributed by atoms with Crippen molar-refractivity contribution in [3.8, 4) is 5.75 Å². The van der Waals surface area contributed by atoms with Gasteiger partial charge in [0.15, 0.2) is 0 Å². The molecule has 2 N–H and O–H groups in total. The zero-order chi connectivity index (χ0) is 16.8. The lowest BCUT2D eigenvalue weighted by molar-refractivity contribution is -0.0120. The maximum Gasteiger partial charge on any atom is 0.315 e. The molecule has 1 saturated heterocycles. The number of hydrogen-bond donors (Lipinski definition) is 2. The van der Waals surface area contributed by atoms with Crippen molar-refractivity contribution in [2.45, 2.75) is 32.0 Å². The first-order chi connectivity index (χ1) is 11.7. The van der Waals surface area contributed by atoms with Gasteiger partial charge in [-0.1, -0.05) is 0 Å². The molecule has 24 heavy (non-hydrogen) atoms. The van der Waals surface area contributed by atoms with Gasteiger partial charge in [0.1, 0.15) is 17.6 Å². The molecule has 3 rings (SSSR count). The van der Waals surface area contributed by atoms with Crippen LogP contribution < -0.4 is 15.4 Å². The van der Waals surface area contributed by atoms with Crippen molar-refractivity contribution < 1.29 is 18.7 Å². The van der Waals surface area contributed by atoms with Crippen LogP contribution in [0.2, 0.25) is 0 Å². The number of nitrogens with zero attached hydrogens (tertiary/aromatic N) is 1. The summed E-state index contributed by atoms with van der Waals surface area (Å²) in [5.74, 6) is 1.37. The average Bonchev–Trinajstić information content (AvgIpc) is 3.10. The Kier molecular flexibility index (Phi) is 5.32. The molecule has 2 aromatic rings. The van der Waals surface area contributed by atoms with Crippen molar-refractivity contribution in [2.24, 2.45) is 0 Å². The molecule has 1 fully saturated rings. The van der Waals surface area contributed by atoms with Gasteiger partial charge >= 0.3 is 6.03 Å². The van der Waals surface area contributed by atoms with Gasteiger partial charge in [0, 0.05) is 12.3 Å². The van der Waals surface area contributed by atoms with E-state index in [-0.39, 0.29) is 18.2 Å². The van der Waals surface area contributed by atoms with Crippen LogP contribution in [0.5, 0.6) is 5.75 Å². The Morgan fingerprint density at radius 3 is 3.08 bits per heavy atom. The maximum absolute atomic E-state index is 12.1. The van der Waals surface area contributed by atoms with E-state index in [1.807, 2.05) is 25.1 Å². The number of pyridine rings is 1. The third-order valence-corrected chi connectivity index (χ3v) is 3.80. The third kappa shape index (κ3) is 4.48. The summed E-state index contributed by atoms with van der Waals surface area (Å²) in [5, 5.41) is 5.72. The van der Waals surface area contributed by atoms with Gasteiger partial charge < -0.3 is 24.5 Å². The van der Waals surface area contributed by atoms with E-state index < -0.39 is 0 Å². The molecular weight excluding hydrogens is 310 g/mol. The van der Waals surface area contributed by atoms with Crippen molar-refractivity contribution in [3.63, 3.8) is 0 Å². The van der Waals surface area contributed by atoms with Crippen LogP contribution in [-0.2, 0) is 11.3 Å². The van der Waals surface area contributed by atoms with E-state index in [0.29, 0.717) is 37.7 Å². The predicted octanol–water partition coefficient (Wildman–Crippen LogP) is 2.02. The van der Waals surface area contributed by atoms with Gasteiger partial charge in [-0.15, -0.1) is 0 Å². The topological polar surface area (TPSA) is 85.6 Å². The molecule has 7 heteroatoms. The first-order valence-corrected chi connectivity index (χ1v) is 7.94. The zero-order valence-electron chi connectivity index (χ0n) is 13.5. The van der Waals surface area contributed by atoms with Crippen LogP contribution in [0.3, 0.4) is 0 Å². The van der Waals surface area contributed by atoms with Crippen LogP contribution in [0.1, 0.15) is 17.9 Å². The Hall–Kier alpha value is -2.54. The van der Waals surface area contributed by atoms with Crippen molar-refractivity contribution in [2.75, 3.05) is 13.2 Å². The molecule has 7 nitrogen and oxygen atoms in total. The third-order valence-electron chi connectivity index (χ3n) is 3.80. The van der Waals surface area contributed by atoms with Gasteiger partial charge in [-0.3, -0.25) is 4.98 Å². The Balaban J connectivity index is 1.53. The molecule has 128 valence electrons. The fourth-order valence-corrected chi connectivity index (χ4v) is 2.49. The van der Waals surface area contributed by atoms with Crippen molar-refractivity contribution in [1.82, 2.24) is 15.6 Å². The number of ether oxygens (including phenoxy) is 2. The average molecular weight is 331 g/mol. The Morgan fingerprint density at radius 2 is 2.33 bits per heavy atom. The number of nitrogens with one attached hydrogen (secondary N) is 2. The SMILES string of the molecule is Cc1ccc(O[C@H]2COCC[C@H]2NC(=O)NCc2ccco2)cn1. The molecule has 1 aliphatic rings. The largest absolute Gasteiger partial charge is 0.484 e. The summed E-state index contributed by atoms with van der Waals surface area (Å²) in [7, 11) is 0. The lowest BCUT2D eigenvalue weighted by Gasteiger charge is -2.32. The summed E-state index contributed by atoms with van der Waals surface area (Å²) >= 11 is 0. The Labute approximate surface area is 140 Å². The van der Waals surface area contributed by atoms with Crippen molar-refractivity contribution >= 4 is 6.03 Å². The Bertz CT molecular complexity index is 642. The van der Waals surface area contributed by atoms with Crippen LogP contribution in [0.15, 0.2) is 41.1 Å². The van der Waals surface area contributed by atoms with Crippen LogP contribution in [-0.4, -0.2) is 36.4 Å². The quantitative estimate of drug-likeness (QED) is 0.875. The highest BCUT2D eigenvalue weighted by Gasteiger charge is 2.29. The van der Waals surface area contributed by atoms with E-state index in [4.69, 9.17) is 13.9 Å². The number of amides is 2. The molecule has 0 aromatic carbocycles. The molecule has 0 saturated carbocycles. The monoisotopic (exact) mass is 331 g/mol. The Morgan fingerprint density at radius 1 is 1.42 bits per heavy atom. The number of aryl methyl sites for hydroxylation is 1. The van der Waals surface area contributed by atoms with Gasteiger partial charge in [-0.2, -0.15) is 0 Å². The van der Waals surface area contributed by atoms with Gasteiger partial charge in [0.05, 0.1) is 31.7 Å². The molecular formula is C17H21N3O4. The number of urea groups is 1. The van der Waals surface area contributed by atoms with Crippen LogP contribution in [0, 0.1) is 6.92 Å². The fraction of sp³-hybridized carbons (Fsp3) is 0.412. The lowest BCUT2D eigenvalue weighted by Crippen LogP contribution is -2.53. The van der Waals surface area contributed by atoms with E-state index >= 15 is 0 Å². The predicted molar refractivity (Wildman–Crippen MR) is 86.7 cm³/mol. The van der Waals surface area contributed by atoms with Crippen molar-refractivity contribution in [3.05, 3.63) is 48.2 Å². The summed E-state index contributed by atoms with van der Waals surface area (Å²) in [6.07, 6.45) is 3.70. The fourth-order valence-electron chi connectivity index (χ4n) is 2.49. The highest BCUT2D eigenvalue weighted by Crippen LogP contribution is 2.17. The van der Waals surface area contributed by atoms with E-state index in [1.165, 1.54) is 0 Å². The maximum atomic E-state index is 12.1. The van der Waals surface area contributed by atoms with Crippen molar-refractivity contribution in [1.29, 1.82) is 0 Å². The van der Waals surface area contributed by atoms with Crippen LogP contribution in [0.4, 0.5) is 4.79 Å². The van der Waals surface area contributed by atoms with Crippen LogP contribution >= 0.6 is 0 Å². The van der Waals surface area contributed by atoms with Gasteiger partial charge in [-0.25, -0.2) is 4.79 Å². The van der Waals surface area contributed by atoms with E-state index in [9.17, 15) is 4.79 Å². The van der Waals surface area contributed by atoms with Gasteiger partial charge in [0.25, 0.3) is 0 Å². The number of aromatic nitrogens is 1. The highest BCUT2D eigenvalue weighted by molar-refractivity contribution is 5.74. The van der Waals surface area contributed by atoms with E-state index in [1.54, 1.807) is 18.5 Å². The minimum atomic E-state index is -0.256. The highest BCUT2D eigenvalue weighted by atomic mass is 16.5. The molecule has 0 radical (unpaired) electrons. The normalized spacial score (nSPS) is 20.4. The number of furan rings is 1. The van der Waals surface area contributed by atoms with Gasteiger partial charge in [0.2, 0.25) is 0 Å². The number of hydrogen-bond acceptors (Lipinski definition) is 5. The minimum absolute atomic E-state index is 0.128. The lowest BCUT2D eigenvalue weighted by atomic mass is 10.1. The summed E-state index contributed by atoms with van der Waals surface area (Å²) in [5.41, 5.74) is 0.925. The summed E-state index contributed by atoms with van der Waals surface area (Å²) in [6, 6.07) is 6.96. The number of carbonyl (C=O) groups excluding carboxylic acids is 1. The standard InChI is InChI=1S/C17H21N3O4/c1-12-4-5-14(10-18-12)24-16-11-22-8-6-15(16)20-17(21)19-9-13-3-2-7-23-13/h2-5,7,10,15-16H,6,8-9,11H2,1H3,(H2,19,20,21)/t15-,16+/m1/s1. The smallest absolute Gasteiger partial charge is 0.315 e. The molecule has 2 aromatic heterocycles. The molecule has 2 amide bonds. The van der Waals surface area contributed by atoms with Crippen LogP contribution in [0.25, 0.3) is 0 Å². The molecule has 0 aliphatic carbocycles. The summed E-state index contributed by atoms with van der Waals surface area (Å²) in [6.45, 7) is 3.28. The summed E-state index contributed by atoms with van der Waals surface area (Å²) < 4.78 is 16.6. The van der Waals surface area contributed by atoms with E-state index in [0.717, 1.165) is 5.69 Å². The van der Waals surface area contributed by atoms with Gasteiger partial charge in [-0.05, 0) is 37.6 Å². The summed E-state index contributed by atoms with van der Waals surface area (Å²) in [4.78, 5) is 16.3. The minimum Gasteiger partial charge on any atom is -0.484 e. The van der Waals surface area contributed by atoms with E-state index in [2.05, 4.69) is 15.6 Å². The molecule has 0 unspecified atom stereocenters. The number of rotatable bonds is 5. The molecule has 2 atom stereocenters. The molecule has 1 aliphatic heterocycles. The number of carbonyl (C=O) groups is 1. The zero-order valence-corrected chi connectivity index (χ0v) is 13.5.